The predicted octanol–water partition coefficient (Wildman–Crippen LogP) is 3.41. The van der Waals surface area contributed by atoms with E-state index in [9.17, 15) is 0 Å². The summed E-state index contributed by atoms with van der Waals surface area (Å²) in [4.78, 5) is 0. The Hall–Kier alpha value is -0.530. The number of nitrogens with two attached hydrogens (primary N) is 1. The lowest BCUT2D eigenvalue weighted by atomic mass is 9.82. The van der Waals surface area contributed by atoms with Gasteiger partial charge in [-0.05, 0) is 42.7 Å². The molecular weight excluding hydrogens is 206 g/mol. The minimum Gasteiger partial charge on any atom is -0.328 e. The van der Waals surface area contributed by atoms with Crippen molar-refractivity contribution < 1.29 is 0 Å². The summed E-state index contributed by atoms with van der Waals surface area (Å²) in [6, 6.07) is 9.15. The van der Waals surface area contributed by atoms with Gasteiger partial charge in [0.1, 0.15) is 0 Å². The van der Waals surface area contributed by atoms with Crippen molar-refractivity contribution in [3.05, 3.63) is 35.4 Å². The van der Waals surface area contributed by atoms with Gasteiger partial charge in [0, 0.05) is 11.9 Å². The van der Waals surface area contributed by atoms with Crippen LogP contribution in [0.15, 0.2) is 24.3 Å². The largest absolute Gasteiger partial charge is 0.328 e. The molecule has 1 aromatic carbocycles. The number of benzene rings is 1. The van der Waals surface area contributed by atoms with E-state index in [-0.39, 0.29) is 0 Å². The van der Waals surface area contributed by atoms with Crippen LogP contribution < -0.4 is 5.73 Å². The first kappa shape index (κ1) is 11.0. The first-order valence-electron chi connectivity index (χ1n) is 5.70. The fraction of sp³-hybridized carbons (Fsp3) is 0.538. The topological polar surface area (TPSA) is 26.0 Å². The minimum atomic E-state index is 0.434. The van der Waals surface area contributed by atoms with Gasteiger partial charge in [-0.1, -0.05) is 24.3 Å². The molecule has 1 aliphatic carbocycles. The van der Waals surface area contributed by atoms with Gasteiger partial charge in [-0.15, -0.1) is 11.6 Å². The van der Waals surface area contributed by atoms with Crippen molar-refractivity contribution in [2.24, 2.45) is 5.73 Å². The smallest absolute Gasteiger partial charge is 0.0474 e. The molecule has 0 aliphatic heterocycles. The van der Waals surface area contributed by atoms with Gasteiger partial charge < -0.3 is 5.73 Å². The van der Waals surface area contributed by atoms with Crippen molar-refractivity contribution in [2.45, 2.75) is 43.5 Å². The molecule has 0 spiro atoms. The third-order valence-corrected chi connectivity index (χ3v) is 3.69. The van der Waals surface area contributed by atoms with Crippen LogP contribution in [0.3, 0.4) is 0 Å². The summed E-state index contributed by atoms with van der Waals surface area (Å²) in [7, 11) is 0. The van der Waals surface area contributed by atoms with Crippen LogP contribution in [0.5, 0.6) is 0 Å². The molecule has 2 rings (SSSR count). The van der Waals surface area contributed by atoms with E-state index in [0.29, 0.717) is 17.8 Å². The van der Waals surface area contributed by atoms with Crippen molar-refractivity contribution in [1.82, 2.24) is 0 Å². The first-order chi connectivity index (χ1) is 7.29. The van der Waals surface area contributed by atoms with Gasteiger partial charge in [-0.3, -0.25) is 0 Å². The molecule has 0 amide bonds. The molecule has 82 valence electrons. The predicted molar refractivity (Wildman–Crippen MR) is 65.2 cm³/mol. The second kappa shape index (κ2) is 5.00. The molecule has 0 saturated heterocycles. The average molecular weight is 224 g/mol. The van der Waals surface area contributed by atoms with E-state index in [1.54, 1.807) is 0 Å². The summed E-state index contributed by atoms with van der Waals surface area (Å²) in [5.41, 5.74) is 8.56. The lowest BCUT2D eigenvalue weighted by Crippen LogP contribution is -2.25. The van der Waals surface area contributed by atoms with Gasteiger partial charge >= 0.3 is 0 Å². The van der Waals surface area contributed by atoms with Gasteiger partial charge in [0.15, 0.2) is 0 Å². The van der Waals surface area contributed by atoms with Crippen molar-refractivity contribution in [1.29, 1.82) is 0 Å². The summed E-state index contributed by atoms with van der Waals surface area (Å²) in [5, 5.41) is 0. The summed E-state index contributed by atoms with van der Waals surface area (Å²) < 4.78 is 0. The maximum atomic E-state index is 5.90. The number of rotatable bonds is 2. The molecule has 2 N–H and O–H groups in total. The lowest BCUT2D eigenvalue weighted by molar-refractivity contribution is 0.395. The number of halogens is 1. The van der Waals surface area contributed by atoms with Gasteiger partial charge in [0.05, 0.1) is 0 Å². The summed E-state index contributed by atoms with van der Waals surface area (Å²) >= 11 is 5.77. The highest BCUT2D eigenvalue weighted by molar-refractivity contribution is 6.17. The Balaban J connectivity index is 2.03. The Morgan fingerprint density at radius 2 is 1.67 bits per heavy atom. The monoisotopic (exact) mass is 223 g/mol. The maximum Gasteiger partial charge on any atom is 0.0474 e. The molecule has 15 heavy (non-hydrogen) atoms. The van der Waals surface area contributed by atoms with E-state index in [1.165, 1.54) is 36.8 Å². The maximum absolute atomic E-state index is 5.90. The molecule has 0 heterocycles. The van der Waals surface area contributed by atoms with Crippen LogP contribution in [-0.2, 0) is 5.88 Å². The first-order valence-corrected chi connectivity index (χ1v) is 6.23. The molecule has 1 aromatic rings. The van der Waals surface area contributed by atoms with E-state index in [1.807, 2.05) is 0 Å². The third kappa shape index (κ3) is 2.73. The van der Waals surface area contributed by atoms with Crippen LogP contribution in [0.4, 0.5) is 0 Å². The molecule has 0 atom stereocenters. The zero-order valence-electron chi connectivity index (χ0n) is 8.95. The molecule has 1 fully saturated rings. The zero-order chi connectivity index (χ0) is 10.7. The van der Waals surface area contributed by atoms with E-state index < -0.39 is 0 Å². The van der Waals surface area contributed by atoms with Gasteiger partial charge in [-0.2, -0.15) is 0 Å². The van der Waals surface area contributed by atoms with Crippen molar-refractivity contribution in [3.8, 4) is 0 Å². The van der Waals surface area contributed by atoms with E-state index >= 15 is 0 Å². The van der Waals surface area contributed by atoms with Crippen molar-refractivity contribution >= 4 is 11.6 Å². The Morgan fingerprint density at radius 1 is 1.07 bits per heavy atom. The summed E-state index contributed by atoms with van der Waals surface area (Å²) in [5.74, 6) is 1.32. The number of hydrogen-bond acceptors (Lipinski definition) is 1. The lowest BCUT2D eigenvalue weighted by Gasteiger charge is -2.26. The van der Waals surface area contributed by atoms with E-state index in [2.05, 4.69) is 24.3 Å². The highest BCUT2D eigenvalue weighted by Crippen LogP contribution is 2.32. The van der Waals surface area contributed by atoms with Gasteiger partial charge in [0.25, 0.3) is 0 Å². The standard InChI is InChI=1S/C13H18ClN/c14-9-10-1-3-11(4-2-10)12-5-7-13(15)8-6-12/h1-4,12-13H,5-9,15H2. The number of hydrogen-bond donors (Lipinski definition) is 1. The summed E-state index contributed by atoms with van der Waals surface area (Å²) in [6.07, 6.45) is 4.81. The highest BCUT2D eigenvalue weighted by atomic mass is 35.5. The molecule has 0 aromatic heterocycles. The molecule has 1 saturated carbocycles. The zero-order valence-corrected chi connectivity index (χ0v) is 9.71. The van der Waals surface area contributed by atoms with Crippen LogP contribution >= 0.6 is 11.6 Å². The van der Waals surface area contributed by atoms with Crippen LogP contribution in [0, 0.1) is 0 Å². The Labute approximate surface area is 96.6 Å². The molecule has 0 bridgehead atoms. The molecule has 2 heteroatoms. The van der Waals surface area contributed by atoms with E-state index in [4.69, 9.17) is 17.3 Å². The van der Waals surface area contributed by atoms with Crippen LogP contribution in [-0.4, -0.2) is 6.04 Å². The van der Waals surface area contributed by atoms with Gasteiger partial charge in [-0.25, -0.2) is 0 Å². The van der Waals surface area contributed by atoms with Crippen molar-refractivity contribution in [3.63, 3.8) is 0 Å². The normalized spacial score (nSPS) is 26.5. The van der Waals surface area contributed by atoms with Gasteiger partial charge in [0.2, 0.25) is 0 Å². The molecule has 1 aliphatic rings. The Kier molecular flexibility index (Phi) is 3.66. The highest BCUT2D eigenvalue weighted by Gasteiger charge is 2.19. The second-order valence-electron chi connectivity index (χ2n) is 4.49. The Bertz CT molecular complexity index is 299. The third-order valence-electron chi connectivity index (χ3n) is 3.38. The number of alkyl halides is 1. The quantitative estimate of drug-likeness (QED) is 0.765. The van der Waals surface area contributed by atoms with Crippen LogP contribution in [0.25, 0.3) is 0 Å². The average Bonchev–Trinajstić information content (AvgIpc) is 2.30. The fourth-order valence-electron chi connectivity index (χ4n) is 2.33. The Morgan fingerprint density at radius 3 is 2.20 bits per heavy atom. The minimum absolute atomic E-state index is 0.434. The van der Waals surface area contributed by atoms with E-state index in [0.717, 1.165) is 0 Å². The molecule has 1 nitrogen and oxygen atoms in total. The SMILES string of the molecule is NC1CCC(c2ccc(CCl)cc2)CC1. The molecule has 0 unspecified atom stereocenters. The fourth-order valence-corrected chi connectivity index (χ4v) is 2.51. The van der Waals surface area contributed by atoms with Crippen molar-refractivity contribution in [2.75, 3.05) is 0 Å². The second-order valence-corrected chi connectivity index (χ2v) is 4.75. The molecular formula is C13H18ClN. The molecule has 0 radical (unpaired) electrons. The summed E-state index contributed by atoms with van der Waals surface area (Å²) in [6.45, 7) is 0. The van der Waals surface area contributed by atoms with Crippen LogP contribution in [0.2, 0.25) is 0 Å². The van der Waals surface area contributed by atoms with Crippen LogP contribution in [0.1, 0.15) is 42.7 Å².